The Morgan fingerprint density at radius 2 is 1.77 bits per heavy atom. The van der Waals surface area contributed by atoms with Gasteiger partial charge in [-0.15, -0.1) is 0 Å². The summed E-state index contributed by atoms with van der Waals surface area (Å²) in [5.74, 6) is 0.322. The summed E-state index contributed by atoms with van der Waals surface area (Å²) in [6, 6.07) is 19.5. The summed E-state index contributed by atoms with van der Waals surface area (Å²) in [4.78, 5) is 9.43. The Morgan fingerprint density at radius 1 is 1.00 bits per heavy atom. The highest BCUT2D eigenvalue weighted by Crippen LogP contribution is 2.39. The summed E-state index contributed by atoms with van der Waals surface area (Å²) >= 11 is 6.19. The summed E-state index contributed by atoms with van der Waals surface area (Å²) in [5.41, 5.74) is 14.5. The van der Waals surface area contributed by atoms with E-state index in [1.807, 2.05) is 42.5 Å². The average molecular weight is 489 g/mol. The zero-order valence-corrected chi connectivity index (χ0v) is 19.8. The molecule has 0 aliphatic carbocycles. The van der Waals surface area contributed by atoms with Crippen molar-refractivity contribution in [1.29, 1.82) is 0 Å². The molecule has 0 fully saturated rings. The number of benzene rings is 3. The van der Waals surface area contributed by atoms with E-state index >= 15 is 4.39 Å². The van der Waals surface area contributed by atoms with E-state index in [1.165, 1.54) is 13.2 Å². The van der Waals surface area contributed by atoms with Crippen molar-refractivity contribution in [3.63, 3.8) is 0 Å². The van der Waals surface area contributed by atoms with E-state index in [0.717, 1.165) is 16.3 Å². The van der Waals surface area contributed by atoms with Crippen LogP contribution in [-0.2, 0) is 7.05 Å². The number of hydrogen-bond donors (Lipinski definition) is 2. The van der Waals surface area contributed by atoms with Crippen molar-refractivity contribution >= 4 is 33.9 Å². The Kier molecular flexibility index (Phi) is 5.74. The largest absolute Gasteiger partial charge is 0.495 e. The van der Waals surface area contributed by atoms with Crippen LogP contribution in [0.4, 0.5) is 15.9 Å². The molecule has 0 radical (unpaired) electrons. The summed E-state index contributed by atoms with van der Waals surface area (Å²) in [5, 5.41) is 6.28. The van der Waals surface area contributed by atoms with E-state index < -0.39 is 11.7 Å². The van der Waals surface area contributed by atoms with Crippen molar-refractivity contribution in [2.45, 2.75) is 5.92 Å². The van der Waals surface area contributed by atoms with Gasteiger partial charge in [-0.3, -0.25) is 4.68 Å². The molecule has 0 bridgehead atoms. The Balaban J connectivity index is 1.78. The Bertz CT molecular complexity index is 1550. The van der Waals surface area contributed by atoms with Crippen LogP contribution in [0.25, 0.3) is 22.2 Å². The summed E-state index contributed by atoms with van der Waals surface area (Å²) in [6.45, 7) is 0. The van der Waals surface area contributed by atoms with Gasteiger partial charge in [0.15, 0.2) is 5.82 Å². The lowest BCUT2D eigenvalue weighted by atomic mass is 9.92. The average Bonchev–Trinajstić information content (AvgIpc) is 3.22. The SMILES string of the molecule is COc1cc(C(c2cc3cc(N)ccc3c(N)n2)c2nc(-c3ccccc3)nn2C)c(F)cc1Cl. The van der Waals surface area contributed by atoms with Gasteiger partial charge in [-0.25, -0.2) is 14.4 Å². The van der Waals surface area contributed by atoms with E-state index in [2.05, 4.69) is 10.1 Å². The highest BCUT2D eigenvalue weighted by atomic mass is 35.5. The first-order valence-corrected chi connectivity index (χ1v) is 11.2. The minimum absolute atomic E-state index is 0.161. The molecule has 2 aromatic heterocycles. The number of fused-ring (bicyclic) bond motifs is 1. The monoisotopic (exact) mass is 488 g/mol. The van der Waals surface area contributed by atoms with Gasteiger partial charge in [-0.05, 0) is 41.8 Å². The van der Waals surface area contributed by atoms with Gasteiger partial charge >= 0.3 is 0 Å². The van der Waals surface area contributed by atoms with Crippen LogP contribution in [0.1, 0.15) is 23.0 Å². The summed E-state index contributed by atoms with van der Waals surface area (Å²) in [6.07, 6.45) is 0. The number of nitrogens with zero attached hydrogens (tertiary/aromatic N) is 4. The van der Waals surface area contributed by atoms with Crippen LogP contribution in [0.15, 0.2) is 66.7 Å². The minimum atomic E-state index is -0.760. The maximum atomic E-state index is 15.5. The van der Waals surface area contributed by atoms with Crippen molar-refractivity contribution in [1.82, 2.24) is 19.7 Å². The molecule has 1 unspecified atom stereocenters. The summed E-state index contributed by atoms with van der Waals surface area (Å²) in [7, 11) is 3.23. The molecule has 0 amide bonds. The molecule has 4 N–H and O–H groups in total. The van der Waals surface area contributed by atoms with Gasteiger partial charge in [-0.2, -0.15) is 5.10 Å². The molecule has 176 valence electrons. The Labute approximate surface area is 206 Å². The van der Waals surface area contributed by atoms with Crippen molar-refractivity contribution < 1.29 is 9.13 Å². The number of nitrogens with two attached hydrogens (primary N) is 2. The number of ether oxygens (including phenoxy) is 1. The van der Waals surface area contributed by atoms with Crippen LogP contribution in [0.2, 0.25) is 5.02 Å². The fraction of sp³-hybridized carbons (Fsp3) is 0.115. The van der Waals surface area contributed by atoms with Crippen molar-refractivity contribution in [2.75, 3.05) is 18.6 Å². The normalized spacial score (nSPS) is 12.1. The van der Waals surface area contributed by atoms with Gasteiger partial charge in [0.2, 0.25) is 0 Å². The number of methoxy groups -OCH3 is 1. The second-order valence-electron chi connectivity index (χ2n) is 8.14. The van der Waals surface area contributed by atoms with Crippen LogP contribution < -0.4 is 16.2 Å². The molecule has 5 rings (SSSR count). The van der Waals surface area contributed by atoms with Gasteiger partial charge in [-0.1, -0.05) is 41.9 Å². The number of nitrogen functional groups attached to an aromatic ring is 2. The number of rotatable bonds is 5. The lowest BCUT2D eigenvalue weighted by Crippen LogP contribution is -2.14. The second kappa shape index (κ2) is 8.88. The maximum absolute atomic E-state index is 15.5. The lowest BCUT2D eigenvalue weighted by molar-refractivity contribution is 0.412. The highest BCUT2D eigenvalue weighted by molar-refractivity contribution is 6.32. The molecule has 0 saturated heterocycles. The van der Waals surface area contributed by atoms with E-state index in [4.69, 9.17) is 32.8 Å². The number of anilines is 2. The molecule has 7 nitrogen and oxygen atoms in total. The van der Waals surface area contributed by atoms with Gasteiger partial charge in [0.1, 0.15) is 23.2 Å². The maximum Gasteiger partial charge on any atom is 0.181 e. The summed E-state index contributed by atoms with van der Waals surface area (Å²) < 4.78 is 22.4. The lowest BCUT2D eigenvalue weighted by Gasteiger charge is -2.19. The number of aromatic nitrogens is 4. The highest BCUT2D eigenvalue weighted by Gasteiger charge is 2.29. The first kappa shape index (κ1) is 22.6. The predicted molar refractivity (Wildman–Crippen MR) is 136 cm³/mol. The molecule has 0 aliphatic heterocycles. The van der Waals surface area contributed by atoms with Crippen LogP contribution >= 0.6 is 11.6 Å². The van der Waals surface area contributed by atoms with E-state index in [-0.39, 0.29) is 10.6 Å². The van der Waals surface area contributed by atoms with E-state index in [9.17, 15) is 0 Å². The number of halogens is 2. The van der Waals surface area contributed by atoms with Gasteiger partial charge in [0, 0.05) is 29.2 Å². The zero-order valence-electron chi connectivity index (χ0n) is 19.0. The number of pyridine rings is 1. The molecule has 35 heavy (non-hydrogen) atoms. The van der Waals surface area contributed by atoms with Crippen LogP contribution in [0, 0.1) is 5.82 Å². The first-order valence-electron chi connectivity index (χ1n) is 10.8. The molecule has 0 aliphatic rings. The smallest absolute Gasteiger partial charge is 0.181 e. The Hall–Kier alpha value is -4.17. The third-order valence-corrected chi connectivity index (χ3v) is 6.16. The van der Waals surface area contributed by atoms with E-state index in [1.54, 1.807) is 29.9 Å². The number of aryl methyl sites for hydroxylation is 1. The van der Waals surface area contributed by atoms with Crippen molar-refractivity contribution in [3.8, 4) is 17.1 Å². The van der Waals surface area contributed by atoms with Gasteiger partial charge in [0.05, 0.1) is 23.7 Å². The quantitative estimate of drug-likeness (QED) is 0.330. The molecule has 0 spiro atoms. The van der Waals surface area contributed by atoms with Gasteiger partial charge in [0.25, 0.3) is 0 Å². The van der Waals surface area contributed by atoms with Crippen LogP contribution in [0.5, 0.6) is 5.75 Å². The molecular formula is C26H22ClFN6O. The Morgan fingerprint density at radius 3 is 2.51 bits per heavy atom. The molecule has 9 heteroatoms. The fourth-order valence-corrected chi connectivity index (χ4v) is 4.41. The van der Waals surface area contributed by atoms with Crippen molar-refractivity contribution in [3.05, 3.63) is 94.7 Å². The van der Waals surface area contributed by atoms with Crippen LogP contribution in [0.3, 0.4) is 0 Å². The number of hydrogen-bond acceptors (Lipinski definition) is 6. The molecule has 0 saturated carbocycles. The van der Waals surface area contributed by atoms with Crippen LogP contribution in [-0.4, -0.2) is 26.9 Å². The van der Waals surface area contributed by atoms with E-state index in [0.29, 0.717) is 34.6 Å². The van der Waals surface area contributed by atoms with Gasteiger partial charge < -0.3 is 16.2 Å². The second-order valence-corrected chi connectivity index (χ2v) is 8.54. The third-order valence-electron chi connectivity index (χ3n) is 5.87. The molecule has 5 aromatic rings. The third kappa shape index (κ3) is 4.13. The zero-order chi connectivity index (χ0) is 24.7. The predicted octanol–water partition coefficient (Wildman–Crippen LogP) is 5.18. The first-order chi connectivity index (χ1) is 16.9. The molecule has 2 heterocycles. The molecule has 3 aromatic carbocycles. The minimum Gasteiger partial charge on any atom is -0.495 e. The fourth-order valence-electron chi connectivity index (χ4n) is 4.18. The molecular weight excluding hydrogens is 467 g/mol. The molecule has 1 atom stereocenters. The topological polar surface area (TPSA) is 105 Å². The standard InChI is InChI=1S/C26H22ClFN6O/c1-34-26(32-25(33-34)14-6-4-3-5-7-14)23(18-12-22(35-2)19(27)13-20(18)28)21-11-15-10-16(29)8-9-17(15)24(30)31-21/h3-13,23H,29H2,1-2H3,(H2,30,31). The van der Waals surface area contributed by atoms with Crippen molar-refractivity contribution in [2.24, 2.45) is 7.05 Å².